The van der Waals surface area contributed by atoms with Gasteiger partial charge in [0.1, 0.15) is 0 Å². The highest BCUT2D eigenvalue weighted by molar-refractivity contribution is 5.70. The zero-order valence-electron chi connectivity index (χ0n) is 12.2. The molecule has 0 atom stereocenters. The van der Waals surface area contributed by atoms with Gasteiger partial charge in [-0.2, -0.15) is 0 Å². The highest BCUT2D eigenvalue weighted by Crippen LogP contribution is 2.19. The lowest BCUT2D eigenvalue weighted by atomic mass is 10.2. The Morgan fingerprint density at radius 1 is 1.23 bits per heavy atom. The van der Waals surface area contributed by atoms with Gasteiger partial charge in [0.15, 0.2) is 11.3 Å². The molecule has 1 N–H and O–H groups in total. The molecule has 22 heavy (non-hydrogen) atoms. The van der Waals surface area contributed by atoms with E-state index in [1.54, 1.807) is 32.7 Å². The van der Waals surface area contributed by atoms with E-state index in [-0.39, 0.29) is 5.69 Å². The van der Waals surface area contributed by atoms with Gasteiger partial charge in [-0.3, -0.25) is 9.55 Å². The van der Waals surface area contributed by atoms with Gasteiger partial charge in [0.2, 0.25) is 5.88 Å². The zero-order valence-corrected chi connectivity index (χ0v) is 12.2. The van der Waals surface area contributed by atoms with Gasteiger partial charge >= 0.3 is 5.69 Å². The molecule has 0 unspecified atom stereocenters. The quantitative estimate of drug-likeness (QED) is 0.750. The fourth-order valence-electron chi connectivity index (χ4n) is 2.11. The van der Waals surface area contributed by atoms with Gasteiger partial charge in [0.05, 0.1) is 32.2 Å². The number of hydrogen-bond acceptors (Lipinski definition) is 6. The van der Waals surface area contributed by atoms with E-state index in [2.05, 4.69) is 19.9 Å². The summed E-state index contributed by atoms with van der Waals surface area (Å²) >= 11 is 0. The third-order valence-electron chi connectivity index (χ3n) is 3.24. The van der Waals surface area contributed by atoms with E-state index in [1.165, 1.54) is 4.57 Å². The second kappa shape index (κ2) is 5.94. The van der Waals surface area contributed by atoms with Crippen LogP contribution < -0.4 is 10.4 Å². The number of rotatable bonds is 5. The van der Waals surface area contributed by atoms with E-state index in [1.807, 2.05) is 6.07 Å². The molecular weight excluding hydrogens is 286 g/mol. The fourth-order valence-corrected chi connectivity index (χ4v) is 2.11. The maximum atomic E-state index is 11.9. The van der Waals surface area contributed by atoms with Crippen molar-refractivity contribution in [2.75, 3.05) is 20.8 Å². The van der Waals surface area contributed by atoms with Crippen molar-refractivity contribution in [3.63, 3.8) is 0 Å². The molecule has 8 heteroatoms. The van der Waals surface area contributed by atoms with Crippen LogP contribution in [0.15, 0.2) is 29.3 Å². The first-order chi connectivity index (χ1) is 10.7. The maximum absolute atomic E-state index is 11.9. The monoisotopic (exact) mass is 301 g/mol. The molecule has 3 heterocycles. The average Bonchev–Trinajstić information content (AvgIpc) is 2.87. The molecule has 0 aliphatic rings. The highest BCUT2D eigenvalue weighted by Gasteiger charge is 2.11. The van der Waals surface area contributed by atoms with Gasteiger partial charge < -0.3 is 9.47 Å². The number of nitrogens with one attached hydrogen (secondary N) is 1. The van der Waals surface area contributed by atoms with Crippen molar-refractivity contribution < 1.29 is 9.47 Å². The molecule has 0 radical (unpaired) electrons. The largest absolute Gasteiger partial charge is 0.481 e. The van der Waals surface area contributed by atoms with Gasteiger partial charge in [-0.1, -0.05) is 0 Å². The van der Waals surface area contributed by atoms with Crippen molar-refractivity contribution in [3.8, 4) is 17.1 Å². The van der Waals surface area contributed by atoms with Gasteiger partial charge in [0, 0.05) is 24.9 Å². The lowest BCUT2D eigenvalue weighted by molar-refractivity contribution is 0.187. The number of methoxy groups -OCH3 is 2. The number of aromatic nitrogens is 5. The van der Waals surface area contributed by atoms with E-state index in [9.17, 15) is 4.79 Å². The molecule has 0 aromatic carbocycles. The molecule has 0 aliphatic heterocycles. The molecule has 3 aromatic rings. The maximum Gasteiger partial charge on any atom is 0.328 e. The van der Waals surface area contributed by atoms with E-state index in [4.69, 9.17) is 9.47 Å². The molecule has 0 amide bonds. The summed E-state index contributed by atoms with van der Waals surface area (Å²) in [4.78, 5) is 27.5. The topological polar surface area (TPSA) is 94.9 Å². The lowest BCUT2D eigenvalue weighted by Crippen LogP contribution is -2.19. The Bertz CT molecular complexity index is 838. The van der Waals surface area contributed by atoms with Gasteiger partial charge in [-0.05, 0) is 6.07 Å². The van der Waals surface area contributed by atoms with Crippen molar-refractivity contribution in [1.82, 2.24) is 24.5 Å². The SMILES string of the molecule is COCCn1c(=O)[nH]c2nc(-c3ccc(OC)nc3)cnc21. The molecule has 0 saturated heterocycles. The van der Waals surface area contributed by atoms with Crippen LogP contribution >= 0.6 is 0 Å². The molecule has 8 nitrogen and oxygen atoms in total. The predicted molar refractivity (Wildman–Crippen MR) is 79.8 cm³/mol. The first-order valence-electron chi connectivity index (χ1n) is 6.68. The Morgan fingerprint density at radius 2 is 2.09 bits per heavy atom. The van der Waals surface area contributed by atoms with Gasteiger partial charge in [0.25, 0.3) is 0 Å². The summed E-state index contributed by atoms with van der Waals surface area (Å²) in [5, 5.41) is 0. The Kier molecular flexibility index (Phi) is 3.84. The van der Waals surface area contributed by atoms with E-state index >= 15 is 0 Å². The first kappa shape index (κ1) is 14.2. The van der Waals surface area contributed by atoms with Crippen LogP contribution in [0.4, 0.5) is 0 Å². The van der Waals surface area contributed by atoms with Crippen LogP contribution in [0.3, 0.4) is 0 Å². The first-order valence-corrected chi connectivity index (χ1v) is 6.68. The third-order valence-corrected chi connectivity index (χ3v) is 3.24. The summed E-state index contributed by atoms with van der Waals surface area (Å²) in [5.74, 6) is 0.525. The molecule has 3 aromatic heterocycles. The number of nitrogens with zero attached hydrogens (tertiary/aromatic N) is 4. The Morgan fingerprint density at radius 3 is 2.77 bits per heavy atom. The van der Waals surface area contributed by atoms with E-state index in [0.717, 1.165) is 5.56 Å². The molecule has 3 rings (SSSR count). The zero-order chi connectivity index (χ0) is 15.5. The van der Waals surface area contributed by atoms with Crippen molar-refractivity contribution in [2.45, 2.75) is 6.54 Å². The summed E-state index contributed by atoms with van der Waals surface area (Å²) in [5.41, 5.74) is 2.11. The summed E-state index contributed by atoms with van der Waals surface area (Å²) in [6.07, 6.45) is 3.26. The molecule has 114 valence electrons. The number of fused-ring (bicyclic) bond motifs is 1. The normalized spacial score (nSPS) is 11.0. The number of hydrogen-bond donors (Lipinski definition) is 1. The average molecular weight is 301 g/mol. The van der Waals surface area contributed by atoms with Crippen LogP contribution in [0.25, 0.3) is 22.6 Å². The number of H-pyrrole nitrogens is 1. The Hall–Kier alpha value is -2.74. The second-order valence-electron chi connectivity index (χ2n) is 4.59. The second-order valence-corrected chi connectivity index (χ2v) is 4.59. The summed E-state index contributed by atoms with van der Waals surface area (Å²) in [6.45, 7) is 0.853. The van der Waals surface area contributed by atoms with E-state index in [0.29, 0.717) is 36.0 Å². The van der Waals surface area contributed by atoms with Crippen LogP contribution in [0.2, 0.25) is 0 Å². The number of ether oxygens (including phenoxy) is 2. The molecule has 0 spiro atoms. The van der Waals surface area contributed by atoms with Gasteiger partial charge in [-0.25, -0.2) is 19.7 Å². The number of pyridine rings is 1. The smallest absolute Gasteiger partial charge is 0.328 e. The minimum atomic E-state index is -0.253. The Balaban J connectivity index is 2.01. The van der Waals surface area contributed by atoms with Gasteiger partial charge in [-0.15, -0.1) is 0 Å². The van der Waals surface area contributed by atoms with Crippen LogP contribution in [0.1, 0.15) is 0 Å². The standard InChI is InChI=1S/C14H15N5O3/c1-21-6-5-19-13-12(18-14(19)20)17-10(8-16-13)9-3-4-11(22-2)15-7-9/h3-4,7-8H,5-6H2,1-2H3,(H,17,18,20). The summed E-state index contributed by atoms with van der Waals surface area (Å²) in [6, 6.07) is 3.58. The summed E-state index contributed by atoms with van der Waals surface area (Å²) < 4.78 is 11.5. The minimum Gasteiger partial charge on any atom is -0.481 e. The van der Waals surface area contributed by atoms with Crippen molar-refractivity contribution in [3.05, 3.63) is 35.0 Å². The Labute approximate surface area is 125 Å². The predicted octanol–water partition coefficient (Wildman–Crippen LogP) is 0.837. The van der Waals surface area contributed by atoms with E-state index < -0.39 is 0 Å². The molecule has 0 bridgehead atoms. The molecule has 0 aliphatic carbocycles. The summed E-state index contributed by atoms with van der Waals surface area (Å²) in [7, 11) is 3.14. The fraction of sp³-hybridized carbons (Fsp3) is 0.286. The third kappa shape index (κ3) is 2.56. The lowest BCUT2D eigenvalue weighted by Gasteiger charge is -2.03. The van der Waals surface area contributed by atoms with Crippen molar-refractivity contribution in [2.24, 2.45) is 0 Å². The van der Waals surface area contributed by atoms with Crippen LogP contribution in [-0.4, -0.2) is 45.3 Å². The van der Waals surface area contributed by atoms with Crippen LogP contribution in [-0.2, 0) is 11.3 Å². The molecule has 0 fully saturated rings. The van der Waals surface area contributed by atoms with Crippen LogP contribution in [0.5, 0.6) is 5.88 Å². The van der Waals surface area contributed by atoms with Crippen molar-refractivity contribution in [1.29, 1.82) is 0 Å². The minimum absolute atomic E-state index is 0.253. The highest BCUT2D eigenvalue weighted by atomic mass is 16.5. The van der Waals surface area contributed by atoms with Crippen molar-refractivity contribution >= 4 is 11.3 Å². The number of aromatic amines is 1. The number of imidazole rings is 1. The molecule has 0 saturated carbocycles. The van der Waals surface area contributed by atoms with Crippen LogP contribution in [0, 0.1) is 0 Å². The molecular formula is C14H15N5O3.